The summed E-state index contributed by atoms with van der Waals surface area (Å²) in [5.41, 5.74) is 1.08. The molecule has 0 saturated heterocycles. The third kappa shape index (κ3) is 6.33. The Hall–Kier alpha value is -2.67. The highest BCUT2D eigenvalue weighted by molar-refractivity contribution is 5.79. The Labute approximate surface area is 154 Å². The molecular formula is C19H27N3O4. The number of nitrogens with one attached hydrogen (secondary N) is 2. The first-order valence-electron chi connectivity index (χ1n) is 8.52. The number of ether oxygens (including phenoxy) is 3. The maximum Gasteiger partial charge on any atom is 0.191 e. The second-order valence-corrected chi connectivity index (χ2v) is 5.53. The lowest BCUT2D eigenvalue weighted by Gasteiger charge is -2.13. The molecule has 0 atom stereocenters. The highest BCUT2D eigenvalue weighted by atomic mass is 16.5. The number of guanidine groups is 1. The van der Waals surface area contributed by atoms with Gasteiger partial charge in [-0.2, -0.15) is 0 Å². The van der Waals surface area contributed by atoms with E-state index in [-0.39, 0.29) is 0 Å². The van der Waals surface area contributed by atoms with Crippen LogP contribution in [0.4, 0.5) is 0 Å². The molecule has 7 nitrogen and oxygen atoms in total. The number of nitrogens with zero attached hydrogens (tertiary/aromatic N) is 1. The van der Waals surface area contributed by atoms with Gasteiger partial charge in [-0.15, -0.1) is 0 Å². The number of aliphatic imine (C=N–C) groups is 1. The summed E-state index contributed by atoms with van der Waals surface area (Å²) in [4.78, 5) is 4.22. The van der Waals surface area contributed by atoms with Crippen molar-refractivity contribution in [3.05, 3.63) is 47.9 Å². The fourth-order valence-corrected chi connectivity index (χ4v) is 2.35. The monoisotopic (exact) mass is 361 g/mol. The van der Waals surface area contributed by atoms with E-state index in [4.69, 9.17) is 18.6 Å². The zero-order valence-electron chi connectivity index (χ0n) is 15.6. The molecule has 1 aromatic heterocycles. The molecule has 0 bridgehead atoms. The molecule has 0 spiro atoms. The van der Waals surface area contributed by atoms with Crippen LogP contribution < -0.4 is 20.1 Å². The van der Waals surface area contributed by atoms with Crippen molar-refractivity contribution in [1.29, 1.82) is 0 Å². The molecular weight excluding hydrogens is 334 g/mol. The predicted octanol–water partition coefficient (Wildman–Crippen LogP) is 2.57. The summed E-state index contributed by atoms with van der Waals surface area (Å²) in [6.45, 7) is 2.55. The molecule has 2 N–H and O–H groups in total. The van der Waals surface area contributed by atoms with E-state index in [1.54, 1.807) is 27.5 Å². The zero-order chi connectivity index (χ0) is 18.6. The molecule has 0 fully saturated rings. The molecule has 0 radical (unpaired) electrons. The van der Waals surface area contributed by atoms with Crippen molar-refractivity contribution in [2.45, 2.75) is 19.6 Å². The Morgan fingerprint density at radius 1 is 1.12 bits per heavy atom. The summed E-state index contributed by atoms with van der Waals surface area (Å²) in [5, 5.41) is 6.54. The Kier molecular flexibility index (Phi) is 8.35. The van der Waals surface area contributed by atoms with Crippen LogP contribution in [0.25, 0.3) is 0 Å². The van der Waals surface area contributed by atoms with Crippen LogP contribution in [0.2, 0.25) is 0 Å². The molecule has 26 heavy (non-hydrogen) atoms. The van der Waals surface area contributed by atoms with Gasteiger partial charge in [0.25, 0.3) is 0 Å². The van der Waals surface area contributed by atoms with Gasteiger partial charge in [0.2, 0.25) is 0 Å². The van der Waals surface area contributed by atoms with E-state index < -0.39 is 0 Å². The second kappa shape index (κ2) is 11.0. The minimum Gasteiger partial charge on any atom is -0.493 e. The van der Waals surface area contributed by atoms with Gasteiger partial charge in [-0.05, 0) is 36.2 Å². The lowest BCUT2D eigenvalue weighted by Crippen LogP contribution is -2.37. The highest BCUT2D eigenvalue weighted by Gasteiger charge is 2.05. The van der Waals surface area contributed by atoms with Gasteiger partial charge >= 0.3 is 0 Å². The number of rotatable bonds is 10. The van der Waals surface area contributed by atoms with E-state index in [1.807, 2.05) is 30.3 Å². The van der Waals surface area contributed by atoms with Crippen molar-refractivity contribution >= 4 is 5.96 Å². The first-order valence-corrected chi connectivity index (χ1v) is 8.52. The van der Waals surface area contributed by atoms with Crippen LogP contribution in [0.5, 0.6) is 11.5 Å². The molecule has 0 aliphatic rings. The predicted molar refractivity (Wildman–Crippen MR) is 101 cm³/mol. The van der Waals surface area contributed by atoms with Crippen LogP contribution in [-0.2, 0) is 17.9 Å². The topological polar surface area (TPSA) is 77.3 Å². The van der Waals surface area contributed by atoms with Gasteiger partial charge in [0.15, 0.2) is 17.5 Å². The first kappa shape index (κ1) is 19.7. The summed E-state index contributed by atoms with van der Waals surface area (Å²) in [6, 6.07) is 9.58. The van der Waals surface area contributed by atoms with Gasteiger partial charge in [0, 0.05) is 26.7 Å². The standard InChI is InChI=1S/C19H27N3O4/c1-20-19(21-9-5-10-25-14-16-6-4-11-26-16)22-13-15-7-8-17(23-2)18(12-15)24-3/h4,6-8,11-12H,5,9-10,13-14H2,1-3H3,(H2,20,21,22). The Balaban J connectivity index is 1.66. The highest BCUT2D eigenvalue weighted by Crippen LogP contribution is 2.27. The van der Waals surface area contributed by atoms with Crippen LogP contribution in [0, 0.1) is 0 Å². The number of hydrogen-bond acceptors (Lipinski definition) is 5. The minimum atomic E-state index is 0.499. The number of hydrogen-bond donors (Lipinski definition) is 2. The maximum atomic E-state index is 5.55. The van der Waals surface area contributed by atoms with Crippen molar-refractivity contribution in [2.24, 2.45) is 4.99 Å². The van der Waals surface area contributed by atoms with Crippen molar-refractivity contribution in [2.75, 3.05) is 34.4 Å². The number of benzene rings is 1. The molecule has 0 amide bonds. The molecule has 1 aromatic carbocycles. The minimum absolute atomic E-state index is 0.499. The summed E-state index contributed by atoms with van der Waals surface area (Å²) >= 11 is 0. The lowest BCUT2D eigenvalue weighted by molar-refractivity contribution is 0.105. The van der Waals surface area contributed by atoms with E-state index in [9.17, 15) is 0 Å². The fourth-order valence-electron chi connectivity index (χ4n) is 2.35. The normalized spacial score (nSPS) is 11.3. The van der Waals surface area contributed by atoms with E-state index in [2.05, 4.69) is 15.6 Å². The van der Waals surface area contributed by atoms with Crippen LogP contribution in [0.1, 0.15) is 17.7 Å². The Morgan fingerprint density at radius 3 is 2.65 bits per heavy atom. The molecule has 0 saturated carbocycles. The van der Waals surface area contributed by atoms with E-state index in [0.29, 0.717) is 31.3 Å². The van der Waals surface area contributed by atoms with Gasteiger partial charge in [-0.3, -0.25) is 4.99 Å². The molecule has 0 aliphatic carbocycles. The van der Waals surface area contributed by atoms with E-state index in [1.165, 1.54) is 0 Å². The second-order valence-electron chi connectivity index (χ2n) is 5.53. The summed E-state index contributed by atoms with van der Waals surface area (Å²) in [5.74, 6) is 3.01. The number of methoxy groups -OCH3 is 2. The summed E-state index contributed by atoms with van der Waals surface area (Å²) in [6.07, 6.45) is 2.52. The van der Waals surface area contributed by atoms with Gasteiger partial charge in [0.05, 0.1) is 20.5 Å². The first-order chi connectivity index (χ1) is 12.8. The quantitative estimate of drug-likeness (QED) is 0.385. The smallest absolute Gasteiger partial charge is 0.191 e. The summed E-state index contributed by atoms with van der Waals surface area (Å²) in [7, 11) is 5.00. The van der Waals surface area contributed by atoms with Gasteiger partial charge in [-0.1, -0.05) is 6.07 Å². The average molecular weight is 361 g/mol. The average Bonchev–Trinajstić information content (AvgIpc) is 3.20. The maximum absolute atomic E-state index is 5.55. The molecule has 0 aliphatic heterocycles. The van der Waals surface area contributed by atoms with Gasteiger partial charge in [0.1, 0.15) is 12.4 Å². The van der Waals surface area contributed by atoms with Gasteiger partial charge < -0.3 is 29.3 Å². The van der Waals surface area contributed by atoms with Crippen molar-refractivity contribution in [3.63, 3.8) is 0 Å². The third-order valence-electron chi connectivity index (χ3n) is 3.71. The number of furan rings is 1. The van der Waals surface area contributed by atoms with Crippen molar-refractivity contribution in [3.8, 4) is 11.5 Å². The zero-order valence-corrected chi connectivity index (χ0v) is 15.6. The molecule has 1 heterocycles. The summed E-state index contributed by atoms with van der Waals surface area (Å²) < 4.78 is 21.3. The van der Waals surface area contributed by atoms with Crippen LogP contribution >= 0.6 is 0 Å². The Bertz CT molecular complexity index is 671. The van der Waals surface area contributed by atoms with Crippen molar-refractivity contribution in [1.82, 2.24) is 10.6 Å². The van der Waals surface area contributed by atoms with Gasteiger partial charge in [-0.25, -0.2) is 0 Å². The van der Waals surface area contributed by atoms with Crippen LogP contribution in [-0.4, -0.2) is 40.4 Å². The Morgan fingerprint density at radius 2 is 1.96 bits per heavy atom. The van der Waals surface area contributed by atoms with E-state index >= 15 is 0 Å². The molecule has 2 rings (SSSR count). The molecule has 142 valence electrons. The van der Waals surface area contributed by atoms with Crippen molar-refractivity contribution < 1.29 is 18.6 Å². The third-order valence-corrected chi connectivity index (χ3v) is 3.71. The van der Waals surface area contributed by atoms with Crippen LogP contribution in [0.3, 0.4) is 0 Å². The lowest BCUT2D eigenvalue weighted by atomic mass is 10.2. The SMILES string of the molecule is CN=C(NCCCOCc1ccco1)NCc1ccc(OC)c(OC)c1. The van der Waals surface area contributed by atoms with Crippen LogP contribution in [0.15, 0.2) is 46.0 Å². The molecule has 2 aromatic rings. The fraction of sp³-hybridized carbons (Fsp3) is 0.421. The molecule has 7 heteroatoms. The largest absolute Gasteiger partial charge is 0.493 e. The van der Waals surface area contributed by atoms with E-state index in [0.717, 1.165) is 30.2 Å². The molecule has 0 unspecified atom stereocenters.